The summed E-state index contributed by atoms with van der Waals surface area (Å²) in [6.07, 6.45) is 0. The maximum atomic E-state index is 4.60. The molecule has 0 bridgehead atoms. The van der Waals surface area contributed by atoms with Gasteiger partial charge in [0.2, 0.25) is 0 Å². The average Bonchev–Trinajstić information content (AvgIpc) is 2.22. The second-order valence-corrected chi connectivity index (χ2v) is 1.23. The second-order valence-electron chi connectivity index (χ2n) is 1.23. The van der Waals surface area contributed by atoms with Crippen LogP contribution in [0.3, 0.4) is 0 Å². The van der Waals surface area contributed by atoms with Gasteiger partial charge in [0.1, 0.15) is 0 Å². The maximum absolute atomic E-state index is 4.60. The van der Waals surface area contributed by atoms with Crippen LogP contribution in [0.1, 0.15) is 6.92 Å². The number of ether oxygens (including phenoxy) is 1. The Morgan fingerprint density at radius 1 is 1.25 bits per heavy atom. The van der Waals surface area contributed by atoms with Gasteiger partial charge in [0.05, 0.1) is 0 Å². The SMILES string of the molecule is COC1(C)OO1.[Zn].[Zn]. The zero-order chi connectivity index (χ0) is 4.62. The quantitative estimate of drug-likeness (QED) is 0.362. The van der Waals surface area contributed by atoms with Gasteiger partial charge in [-0.2, -0.15) is 9.78 Å². The molecule has 1 fully saturated rings. The van der Waals surface area contributed by atoms with Crippen LogP contribution in [0.15, 0.2) is 0 Å². The third-order valence-electron chi connectivity index (χ3n) is 0.689. The van der Waals surface area contributed by atoms with Crippen molar-refractivity contribution < 1.29 is 53.5 Å². The standard InChI is InChI=1S/C3H6O3.2Zn/c1-3(4-2)5-6-3;;/h1-2H3;;. The molecule has 1 rings (SSSR count). The first-order chi connectivity index (χ1) is 2.77. The molecule has 0 aromatic heterocycles. The molecule has 0 atom stereocenters. The van der Waals surface area contributed by atoms with Gasteiger partial charge in [0.15, 0.2) is 0 Å². The zero-order valence-electron chi connectivity index (χ0n) is 5.14. The van der Waals surface area contributed by atoms with Crippen molar-refractivity contribution in [3.05, 3.63) is 0 Å². The summed E-state index contributed by atoms with van der Waals surface area (Å²) in [4.78, 5) is 8.65. The summed E-state index contributed by atoms with van der Waals surface area (Å²) in [6, 6.07) is 0. The van der Waals surface area contributed by atoms with Gasteiger partial charge in [-0.15, -0.1) is 0 Å². The van der Waals surface area contributed by atoms with Crippen molar-refractivity contribution in [3.63, 3.8) is 0 Å². The first kappa shape index (κ1) is 11.9. The van der Waals surface area contributed by atoms with Crippen LogP contribution in [0.5, 0.6) is 0 Å². The largest absolute Gasteiger partial charge is 0.337 e. The molecule has 0 aromatic rings. The molecule has 0 aromatic carbocycles. The van der Waals surface area contributed by atoms with Crippen LogP contribution in [-0.2, 0) is 53.5 Å². The topological polar surface area (TPSA) is 34.3 Å². The minimum absolute atomic E-state index is 0. The molecule has 0 spiro atoms. The first-order valence-electron chi connectivity index (χ1n) is 1.69. The van der Waals surface area contributed by atoms with Crippen molar-refractivity contribution in [1.29, 1.82) is 0 Å². The van der Waals surface area contributed by atoms with Crippen molar-refractivity contribution in [3.8, 4) is 0 Å². The molecule has 0 saturated carbocycles. The average molecular weight is 221 g/mol. The van der Waals surface area contributed by atoms with E-state index in [9.17, 15) is 0 Å². The second kappa shape index (κ2) is 4.02. The van der Waals surface area contributed by atoms with Gasteiger partial charge in [-0.05, 0) is 0 Å². The molecule has 1 aliphatic rings. The van der Waals surface area contributed by atoms with Gasteiger partial charge < -0.3 is 4.74 Å². The summed E-state index contributed by atoms with van der Waals surface area (Å²) in [6.45, 7) is 1.69. The van der Waals surface area contributed by atoms with Crippen molar-refractivity contribution in [2.24, 2.45) is 0 Å². The first-order valence-corrected chi connectivity index (χ1v) is 1.69. The van der Waals surface area contributed by atoms with E-state index in [0.717, 1.165) is 0 Å². The fraction of sp³-hybridized carbons (Fsp3) is 1.00. The minimum atomic E-state index is -0.708. The molecule has 0 aliphatic carbocycles. The van der Waals surface area contributed by atoms with Gasteiger partial charge in [-0.25, -0.2) is 0 Å². The third-order valence-corrected chi connectivity index (χ3v) is 0.689. The molecule has 0 unspecified atom stereocenters. The Hall–Kier alpha value is 1.13. The molecule has 8 heavy (non-hydrogen) atoms. The van der Waals surface area contributed by atoms with Gasteiger partial charge in [0.25, 0.3) is 0 Å². The van der Waals surface area contributed by atoms with E-state index >= 15 is 0 Å². The van der Waals surface area contributed by atoms with Crippen LogP contribution >= 0.6 is 0 Å². The van der Waals surface area contributed by atoms with E-state index in [1.54, 1.807) is 6.92 Å². The van der Waals surface area contributed by atoms with Gasteiger partial charge in [-0.1, -0.05) is 0 Å². The summed E-state index contributed by atoms with van der Waals surface area (Å²) in [5.74, 6) is -0.708. The Morgan fingerprint density at radius 3 is 1.62 bits per heavy atom. The number of methoxy groups -OCH3 is 1. The fourth-order valence-electron chi connectivity index (χ4n) is 0.127. The number of hydrogen-bond acceptors (Lipinski definition) is 3. The van der Waals surface area contributed by atoms with E-state index in [-0.39, 0.29) is 39.0 Å². The smallest absolute Gasteiger partial charge is 0.327 e. The number of hydrogen-bond donors (Lipinski definition) is 0. The third kappa shape index (κ3) is 3.21. The monoisotopic (exact) mass is 218 g/mol. The van der Waals surface area contributed by atoms with E-state index < -0.39 is 5.97 Å². The van der Waals surface area contributed by atoms with E-state index in [0.29, 0.717) is 0 Å². The van der Waals surface area contributed by atoms with Crippen LogP contribution in [0.4, 0.5) is 0 Å². The summed E-state index contributed by atoms with van der Waals surface area (Å²) < 4.78 is 4.60. The van der Waals surface area contributed by atoms with Crippen molar-refractivity contribution in [1.82, 2.24) is 0 Å². The van der Waals surface area contributed by atoms with Crippen LogP contribution in [0, 0.1) is 0 Å². The molecule has 0 N–H and O–H groups in total. The summed E-state index contributed by atoms with van der Waals surface area (Å²) >= 11 is 0. The molecule has 1 heterocycles. The normalized spacial score (nSPS) is 20.2. The predicted octanol–water partition coefficient (Wildman–Crippen LogP) is 0.263. The van der Waals surface area contributed by atoms with E-state index in [2.05, 4.69) is 14.5 Å². The van der Waals surface area contributed by atoms with E-state index in [1.807, 2.05) is 0 Å². The van der Waals surface area contributed by atoms with E-state index in [1.165, 1.54) is 7.11 Å². The van der Waals surface area contributed by atoms with Gasteiger partial charge in [0, 0.05) is 53.0 Å². The zero-order valence-corrected chi connectivity index (χ0v) is 11.1. The Kier molecular flexibility index (Phi) is 5.97. The minimum Gasteiger partial charge on any atom is -0.327 e. The molecule has 5 heteroatoms. The van der Waals surface area contributed by atoms with Gasteiger partial charge >= 0.3 is 5.97 Å². The Balaban J connectivity index is 0. The Labute approximate surface area is 73.5 Å². The Bertz CT molecular complexity index is 63.5. The molecule has 1 aliphatic heterocycles. The Morgan fingerprint density at radius 2 is 1.62 bits per heavy atom. The molecule has 0 radical (unpaired) electrons. The fourth-order valence-corrected chi connectivity index (χ4v) is 0.127. The molecular formula is C3H6O3Zn2. The van der Waals surface area contributed by atoms with Crippen LogP contribution in [0.2, 0.25) is 0 Å². The van der Waals surface area contributed by atoms with Crippen molar-refractivity contribution in [2.75, 3.05) is 7.11 Å². The summed E-state index contributed by atoms with van der Waals surface area (Å²) in [5, 5.41) is 0. The van der Waals surface area contributed by atoms with Crippen molar-refractivity contribution in [2.45, 2.75) is 12.9 Å². The molecular weight excluding hydrogens is 215 g/mol. The predicted molar refractivity (Wildman–Crippen MR) is 17.6 cm³/mol. The molecule has 40 valence electrons. The van der Waals surface area contributed by atoms with E-state index in [4.69, 9.17) is 0 Å². The van der Waals surface area contributed by atoms with Gasteiger partial charge in [-0.3, -0.25) is 0 Å². The summed E-state index contributed by atoms with van der Waals surface area (Å²) in [5.41, 5.74) is 0. The van der Waals surface area contributed by atoms with Crippen LogP contribution in [0.25, 0.3) is 0 Å². The van der Waals surface area contributed by atoms with Crippen molar-refractivity contribution >= 4 is 0 Å². The molecule has 0 amide bonds. The molecule has 3 nitrogen and oxygen atoms in total. The molecule has 1 saturated heterocycles. The summed E-state index contributed by atoms with van der Waals surface area (Å²) in [7, 11) is 1.52. The van der Waals surface area contributed by atoms with Crippen LogP contribution < -0.4 is 0 Å². The number of rotatable bonds is 1. The maximum Gasteiger partial charge on any atom is 0.337 e. The van der Waals surface area contributed by atoms with Crippen LogP contribution in [-0.4, -0.2) is 13.1 Å².